The van der Waals surface area contributed by atoms with Crippen molar-refractivity contribution in [1.82, 2.24) is 10.2 Å². The quantitative estimate of drug-likeness (QED) is 0.816. The Balaban J connectivity index is 2.63. The van der Waals surface area contributed by atoms with Crippen LogP contribution in [0.2, 0.25) is 0 Å². The van der Waals surface area contributed by atoms with Gasteiger partial charge >= 0.3 is 0 Å². The predicted molar refractivity (Wildman–Crippen MR) is 59.7 cm³/mol. The first-order chi connectivity index (χ1) is 7.63. The van der Waals surface area contributed by atoms with Gasteiger partial charge in [0, 0.05) is 17.2 Å². The molecule has 0 atom stereocenters. The average Bonchev–Trinajstić information content (AvgIpc) is 2.65. The van der Waals surface area contributed by atoms with Gasteiger partial charge in [-0.25, -0.2) is 4.39 Å². The Morgan fingerprint density at radius 2 is 2.19 bits per heavy atom. The molecule has 0 aliphatic heterocycles. The van der Waals surface area contributed by atoms with Crippen LogP contribution in [0.25, 0.3) is 11.3 Å². The van der Waals surface area contributed by atoms with Crippen LogP contribution in [-0.2, 0) is 0 Å². The Labute approximate surface area is 92.2 Å². The lowest BCUT2D eigenvalue weighted by Crippen LogP contribution is -1.94. The number of halogens is 1. The van der Waals surface area contributed by atoms with Gasteiger partial charge in [-0.1, -0.05) is 0 Å². The highest BCUT2D eigenvalue weighted by Crippen LogP contribution is 2.31. The highest BCUT2D eigenvalue weighted by atomic mass is 19.1. The lowest BCUT2D eigenvalue weighted by atomic mass is 10.0. The summed E-state index contributed by atoms with van der Waals surface area (Å²) in [7, 11) is 1.55. The van der Waals surface area contributed by atoms with Crippen molar-refractivity contribution in [2.75, 3.05) is 12.8 Å². The Morgan fingerprint density at radius 1 is 1.44 bits per heavy atom. The number of aromatic nitrogens is 2. The summed E-state index contributed by atoms with van der Waals surface area (Å²) < 4.78 is 18.9. The van der Waals surface area contributed by atoms with Crippen molar-refractivity contribution in [2.45, 2.75) is 6.92 Å². The van der Waals surface area contributed by atoms with Crippen LogP contribution in [0.4, 0.5) is 10.2 Å². The molecule has 1 aromatic heterocycles. The van der Waals surface area contributed by atoms with Gasteiger partial charge in [-0.2, -0.15) is 5.10 Å². The largest absolute Gasteiger partial charge is 0.496 e. The van der Waals surface area contributed by atoms with Gasteiger partial charge < -0.3 is 10.5 Å². The molecule has 1 aromatic carbocycles. The zero-order chi connectivity index (χ0) is 11.7. The van der Waals surface area contributed by atoms with Gasteiger partial charge in [-0.15, -0.1) is 0 Å². The molecule has 3 N–H and O–H groups in total. The number of nitrogen functional groups attached to an aromatic ring is 1. The summed E-state index contributed by atoms with van der Waals surface area (Å²) in [6.07, 6.45) is 0. The van der Waals surface area contributed by atoms with Gasteiger partial charge in [-0.05, 0) is 19.1 Å². The van der Waals surface area contributed by atoms with E-state index in [2.05, 4.69) is 10.2 Å². The van der Waals surface area contributed by atoms with Crippen molar-refractivity contribution >= 4 is 5.82 Å². The molecular formula is C11H12FN3O. The first kappa shape index (κ1) is 10.5. The number of hydrogen-bond donors (Lipinski definition) is 2. The van der Waals surface area contributed by atoms with Crippen molar-refractivity contribution in [3.8, 4) is 17.0 Å². The van der Waals surface area contributed by atoms with E-state index in [0.29, 0.717) is 28.4 Å². The number of methoxy groups -OCH3 is 1. The molecular weight excluding hydrogens is 209 g/mol. The maximum absolute atomic E-state index is 13.7. The Morgan fingerprint density at radius 3 is 2.75 bits per heavy atom. The van der Waals surface area contributed by atoms with E-state index in [4.69, 9.17) is 10.5 Å². The number of nitrogens with zero attached hydrogens (tertiary/aromatic N) is 1. The van der Waals surface area contributed by atoms with Gasteiger partial charge in [0.2, 0.25) is 0 Å². The molecule has 0 saturated heterocycles. The first-order valence-electron chi connectivity index (χ1n) is 4.78. The number of nitrogens with two attached hydrogens (primary N) is 1. The zero-order valence-corrected chi connectivity index (χ0v) is 9.04. The van der Waals surface area contributed by atoms with Crippen LogP contribution in [0, 0.1) is 12.7 Å². The number of rotatable bonds is 2. The van der Waals surface area contributed by atoms with Gasteiger partial charge in [0.15, 0.2) is 0 Å². The second kappa shape index (κ2) is 3.84. The van der Waals surface area contributed by atoms with Crippen LogP contribution in [0.5, 0.6) is 5.75 Å². The standard InChI is InChI=1S/C11H12FN3O/c1-6-9(16-2)4-3-7(12)11(6)8-5-10(13)15-14-8/h3-5H,1-2H3,(H3,13,14,15). The van der Waals surface area contributed by atoms with Crippen molar-refractivity contribution in [3.63, 3.8) is 0 Å². The molecule has 1 heterocycles. The summed E-state index contributed by atoms with van der Waals surface area (Å²) in [5.74, 6) is 0.628. The van der Waals surface area contributed by atoms with Crippen molar-refractivity contribution < 1.29 is 9.13 Å². The van der Waals surface area contributed by atoms with Crippen LogP contribution in [0.3, 0.4) is 0 Å². The molecule has 5 heteroatoms. The molecule has 4 nitrogen and oxygen atoms in total. The topological polar surface area (TPSA) is 63.9 Å². The molecule has 2 aromatic rings. The third-order valence-corrected chi connectivity index (χ3v) is 2.45. The maximum Gasteiger partial charge on any atom is 0.145 e. The highest BCUT2D eigenvalue weighted by Gasteiger charge is 2.14. The van der Waals surface area contributed by atoms with Crippen LogP contribution < -0.4 is 10.5 Å². The van der Waals surface area contributed by atoms with E-state index in [9.17, 15) is 4.39 Å². The second-order valence-electron chi connectivity index (χ2n) is 3.46. The predicted octanol–water partition coefficient (Wildman–Crippen LogP) is 2.12. The third-order valence-electron chi connectivity index (χ3n) is 2.45. The summed E-state index contributed by atoms with van der Waals surface area (Å²) in [4.78, 5) is 0. The van der Waals surface area contributed by atoms with Crippen LogP contribution >= 0.6 is 0 Å². The molecule has 0 saturated carbocycles. The zero-order valence-electron chi connectivity index (χ0n) is 9.04. The minimum atomic E-state index is -0.332. The molecule has 0 spiro atoms. The molecule has 16 heavy (non-hydrogen) atoms. The Bertz CT molecular complexity index is 522. The normalized spacial score (nSPS) is 10.4. The number of H-pyrrole nitrogens is 1. The molecule has 0 amide bonds. The van der Waals surface area contributed by atoms with Gasteiger partial charge in [-0.3, -0.25) is 5.10 Å². The molecule has 0 fully saturated rings. The first-order valence-corrected chi connectivity index (χ1v) is 4.78. The number of benzene rings is 1. The molecule has 0 bridgehead atoms. The maximum atomic E-state index is 13.7. The van der Waals surface area contributed by atoms with Crippen molar-refractivity contribution in [2.24, 2.45) is 0 Å². The van der Waals surface area contributed by atoms with E-state index < -0.39 is 0 Å². The van der Waals surface area contributed by atoms with Crippen molar-refractivity contribution in [1.29, 1.82) is 0 Å². The fourth-order valence-electron chi connectivity index (χ4n) is 1.68. The lowest BCUT2D eigenvalue weighted by Gasteiger charge is -2.09. The van der Waals surface area contributed by atoms with Crippen LogP contribution in [0.1, 0.15) is 5.56 Å². The van der Waals surface area contributed by atoms with Crippen LogP contribution in [-0.4, -0.2) is 17.3 Å². The highest BCUT2D eigenvalue weighted by molar-refractivity contribution is 5.69. The van der Waals surface area contributed by atoms with E-state index in [-0.39, 0.29) is 5.82 Å². The van der Waals surface area contributed by atoms with Gasteiger partial charge in [0.25, 0.3) is 0 Å². The number of aromatic amines is 1. The van der Waals surface area contributed by atoms with E-state index in [1.54, 1.807) is 26.2 Å². The summed E-state index contributed by atoms with van der Waals surface area (Å²) >= 11 is 0. The van der Waals surface area contributed by atoms with Gasteiger partial charge in [0.05, 0.1) is 12.8 Å². The molecule has 84 valence electrons. The van der Waals surface area contributed by atoms with E-state index in [0.717, 1.165) is 0 Å². The molecule has 2 rings (SSSR count). The van der Waals surface area contributed by atoms with E-state index >= 15 is 0 Å². The average molecular weight is 221 g/mol. The molecule has 0 radical (unpaired) electrons. The summed E-state index contributed by atoms with van der Waals surface area (Å²) in [5.41, 5.74) is 7.19. The lowest BCUT2D eigenvalue weighted by molar-refractivity contribution is 0.411. The fourth-order valence-corrected chi connectivity index (χ4v) is 1.68. The van der Waals surface area contributed by atoms with Gasteiger partial charge in [0.1, 0.15) is 17.4 Å². The van der Waals surface area contributed by atoms with Crippen LogP contribution in [0.15, 0.2) is 18.2 Å². The summed E-state index contributed by atoms with van der Waals surface area (Å²) in [6, 6.07) is 4.54. The number of hydrogen-bond acceptors (Lipinski definition) is 3. The minimum Gasteiger partial charge on any atom is -0.496 e. The number of nitrogens with one attached hydrogen (secondary N) is 1. The van der Waals surface area contributed by atoms with E-state index in [1.807, 2.05) is 0 Å². The fraction of sp³-hybridized carbons (Fsp3) is 0.182. The number of anilines is 1. The van der Waals surface area contributed by atoms with Crippen molar-refractivity contribution in [3.05, 3.63) is 29.6 Å². The summed E-state index contributed by atoms with van der Waals surface area (Å²) in [5, 5.41) is 6.46. The minimum absolute atomic E-state index is 0.330. The SMILES string of the molecule is COc1ccc(F)c(-c2cc(N)n[nH]2)c1C. The smallest absolute Gasteiger partial charge is 0.145 e. The number of ether oxygens (including phenoxy) is 1. The summed E-state index contributed by atoms with van der Waals surface area (Å²) in [6.45, 7) is 1.79. The monoisotopic (exact) mass is 221 g/mol. The molecule has 0 aliphatic rings. The Kier molecular flexibility index (Phi) is 2.52. The van der Waals surface area contributed by atoms with E-state index in [1.165, 1.54) is 6.07 Å². The molecule has 0 unspecified atom stereocenters. The second-order valence-corrected chi connectivity index (χ2v) is 3.46. The third kappa shape index (κ3) is 1.60. The molecule has 0 aliphatic carbocycles. The Hall–Kier alpha value is -2.04.